The number of carbonyl (C=O) groups excluding carboxylic acids is 3. The van der Waals surface area contributed by atoms with Crippen molar-refractivity contribution >= 4 is 34.9 Å². The highest BCUT2D eigenvalue weighted by Gasteiger charge is 2.29. The minimum absolute atomic E-state index is 0.0671. The first-order valence-corrected chi connectivity index (χ1v) is 16.8. The number of carbonyl (C=O) groups is 4. The van der Waals surface area contributed by atoms with Gasteiger partial charge in [-0.1, -0.05) is 90.1 Å². The molecule has 0 saturated carbocycles. The van der Waals surface area contributed by atoms with Gasteiger partial charge in [0.05, 0.1) is 4.88 Å². The number of aromatic nitrogens is 2. The first-order chi connectivity index (χ1) is 22.5. The Morgan fingerprint density at radius 3 is 1.94 bits per heavy atom. The minimum atomic E-state index is -1.31. The number of rotatable bonds is 13. The van der Waals surface area contributed by atoms with Gasteiger partial charge in [-0.3, -0.25) is 14.4 Å². The normalized spacial score (nSPS) is 13.0. The lowest BCUT2D eigenvalue weighted by Crippen LogP contribution is -2.45. The largest absolute Gasteiger partial charge is 0.480 e. The van der Waals surface area contributed by atoms with E-state index in [-0.39, 0.29) is 42.3 Å². The standard InChI is InChI=1S/C38H44N4O5S/c1-37(2,3)28-13-11-24(12-14-28)27-21-40-34(41-22-27)25-9-7-23(8-10-25)19-26(35(45)42-29(36(46)47)15-18-33(39)44)20-30(43)31-16-17-32(48-31)38(4,5)6/h7-14,16-17,21-22,26,29H,15,18-20H2,1-6H3,(H2,39,44)(H,42,45)(H,46,47)/t26-,29+/m1/s1. The Labute approximate surface area is 286 Å². The predicted octanol–water partition coefficient (Wildman–Crippen LogP) is 6.73. The molecule has 4 rings (SSSR count). The lowest BCUT2D eigenvalue weighted by molar-refractivity contribution is -0.142. The third-order valence-corrected chi connectivity index (χ3v) is 9.70. The van der Waals surface area contributed by atoms with Gasteiger partial charge in [-0.05, 0) is 52.5 Å². The van der Waals surface area contributed by atoms with Gasteiger partial charge in [0.2, 0.25) is 11.8 Å². The van der Waals surface area contributed by atoms with Crippen LogP contribution in [0.4, 0.5) is 0 Å². The Balaban J connectivity index is 1.51. The molecule has 2 aromatic carbocycles. The van der Waals surface area contributed by atoms with Crippen molar-refractivity contribution in [2.45, 2.75) is 84.1 Å². The molecule has 2 heterocycles. The number of benzene rings is 2. The molecular formula is C38H44N4O5S. The Morgan fingerprint density at radius 1 is 0.812 bits per heavy atom. The van der Waals surface area contributed by atoms with Gasteiger partial charge in [0, 0.05) is 47.2 Å². The molecule has 0 bridgehead atoms. The van der Waals surface area contributed by atoms with E-state index in [1.807, 2.05) is 30.3 Å². The molecule has 4 N–H and O–H groups in total. The van der Waals surface area contributed by atoms with Crippen molar-refractivity contribution in [3.05, 3.63) is 93.9 Å². The Morgan fingerprint density at radius 2 is 1.42 bits per heavy atom. The molecule has 0 unspecified atom stereocenters. The van der Waals surface area contributed by atoms with Gasteiger partial charge in [-0.2, -0.15) is 0 Å². The number of carboxylic acids is 1. The van der Waals surface area contributed by atoms with E-state index in [1.165, 1.54) is 16.9 Å². The van der Waals surface area contributed by atoms with E-state index in [1.54, 1.807) is 18.5 Å². The number of hydrogen-bond donors (Lipinski definition) is 3. The monoisotopic (exact) mass is 668 g/mol. The molecular weight excluding hydrogens is 625 g/mol. The van der Waals surface area contributed by atoms with Crippen molar-refractivity contribution in [3.8, 4) is 22.5 Å². The molecule has 2 atom stereocenters. The fourth-order valence-corrected chi connectivity index (χ4v) is 6.18. The van der Waals surface area contributed by atoms with Crippen molar-refractivity contribution in [2.75, 3.05) is 0 Å². The average Bonchev–Trinajstić information content (AvgIpc) is 3.54. The first kappa shape index (κ1) is 36.1. The number of aliphatic carboxylic acids is 1. The van der Waals surface area contributed by atoms with E-state index >= 15 is 0 Å². The van der Waals surface area contributed by atoms with Crippen LogP contribution >= 0.6 is 11.3 Å². The molecule has 0 aliphatic carbocycles. The molecule has 48 heavy (non-hydrogen) atoms. The fourth-order valence-electron chi connectivity index (χ4n) is 5.17. The summed E-state index contributed by atoms with van der Waals surface area (Å²) in [5.74, 6) is -3.02. The molecule has 10 heteroatoms. The van der Waals surface area contributed by atoms with Crippen LogP contribution in [0.5, 0.6) is 0 Å². The number of nitrogens with zero attached hydrogens (tertiary/aromatic N) is 2. The molecule has 0 spiro atoms. The topological polar surface area (TPSA) is 152 Å². The molecule has 4 aromatic rings. The van der Waals surface area contributed by atoms with E-state index in [4.69, 9.17) is 5.73 Å². The number of amides is 2. The quantitative estimate of drug-likeness (QED) is 0.134. The highest BCUT2D eigenvalue weighted by Crippen LogP contribution is 2.31. The van der Waals surface area contributed by atoms with Gasteiger partial charge in [-0.25, -0.2) is 14.8 Å². The summed E-state index contributed by atoms with van der Waals surface area (Å²) < 4.78 is 0. The van der Waals surface area contributed by atoms with Crippen molar-refractivity contribution < 1.29 is 24.3 Å². The molecule has 9 nitrogen and oxygen atoms in total. The van der Waals surface area contributed by atoms with Crippen molar-refractivity contribution in [2.24, 2.45) is 11.7 Å². The molecule has 0 saturated heterocycles. The third kappa shape index (κ3) is 9.67. The summed E-state index contributed by atoms with van der Waals surface area (Å²) >= 11 is 1.40. The van der Waals surface area contributed by atoms with Crippen molar-refractivity contribution in [1.82, 2.24) is 15.3 Å². The molecule has 0 aliphatic heterocycles. The van der Waals surface area contributed by atoms with Crippen LogP contribution in [0.2, 0.25) is 0 Å². The van der Waals surface area contributed by atoms with Crippen LogP contribution in [0.25, 0.3) is 22.5 Å². The van der Waals surface area contributed by atoms with Crippen LogP contribution in [0, 0.1) is 5.92 Å². The van der Waals surface area contributed by atoms with Gasteiger partial charge in [0.25, 0.3) is 0 Å². The van der Waals surface area contributed by atoms with Crippen LogP contribution in [-0.4, -0.2) is 44.7 Å². The van der Waals surface area contributed by atoms with Crippen LogP contribution in [-0.2, 0) is 31.6 Å². The highest BCUT2D eigenvalue weighted by atomic mass is 32.1. The van der Waals surface area contributed by atoms with Crippen LogP contribution in [0.15, 0.2) is 73.1 Å². The second kappa shape index (κ2) is 15.0. The van der Waals surface area contributed by atoms with Gasteiger partial charge in [0.15, 0.2) is 11.6 Å². The summed E-state index contributed by atoms with van der Waals surface area (Å²) in [6.45, 7) is 12.7. The number of ketones is 1. The summed E-state index contributed by atoms with van der Waals surface area (Å²) in [6, 6.07) is 18.2. The maximum Gasteiger partial charge on any atom is 0.326 e. The molecule has 0 aliphatic rings. The fraction of sp³-hybridized carbons (Fsp3) is 0.368. The summed E-state index contributed by atoms with van der Waals surface area (Å²) in [5, 5.41) is 12.2. The maximum absolute atomic E-state index is 13.5. The number of nitrogens with two attached hydrogens (primary N) is 1. The van der Waals surface area contributed by atoms with E-state index in [0.29, 0.717) is 10.7 Å². The number of nitrogens with one attached hydrogen (secondary N) is 1. The van der Waals surface area contributed by atoms with E-state index < -0.39 is 29.7 Å². The molecule has 2 amide bonds. The summed E-state index contributed by atoms with van der Waals surface area (Å²) in [6.07, 6.45) is 3.33. The number of hydrogen-bond acceptors (Lipinski definition) is 7. The molecule has 0 radical (unpaired) electrons. The zero-order valence-electron chi connectivity index (χ0n) is 28.4. The van der Waals surface area contributed by atoms with Gasteiger partial charge < -0.3 is 16.2 Å². The molecule has 0 fully saturated rings. The average molecular weight is 669 g/mol. The number of Topliss-reactive ketones (excluding diaryl/α,β-unsaturated/α-hetero) is 1. The Hall–Kier alpha value is -4.70. The third-order valence-electron chi connectivity index (χ3n) is 8.15. The van der Waals surface area contributed by atoms with E-state index in [9.17, 15) is 24.3 Å². The van der Waals surface area contributed by atoms with Crippen LogP contribution in [0.3, 0.4) is 0 Å². The molecule has 252 valence electrons. The summed E-state index contributed by atoms with van der Waals surface area (Å²) in [5.41, 5.74) is 9.90. The number of carboxylic acid groups (broad SMARTS) is 1. The van der Waals surface area contributed by atoms with Gasteiger partial charge >= 0.3 is 5.97 Å². The van der Waals surface area contributed by atoms with Crippen molar-refractivity contribution in [1.29, 1.82) is 0 Å². The Kier molecular flexibility index (Phi) is 11.3. The zero-order chi connectivity index (χ0) is 35.2. The molecule has 2 aromatic heterocycles. The summed E-state index contributed by atoms with van der Waals surface area (Å²) in [4.78, 5) is 60.8. The SMILES string of the molecule is CC(C)(C)c1ccc(-c2cnc(-c3ccc(C[C@H](CC(=O)c4ccc(C(C)(C)C)s4)C(=O)N[C@@H](CCC(N)=O)C(=O)O)cc3)nc2)cc1. The van der Waals surface area contributed by atoms with Crippen LogP contribution < -0.4 is 11.1 Å². The summed E-state index contributed by atoms with van der Waals surface area (Å²) in [7, 11) is 0. The maximum atomic E-state index is 13.5. The second-order valence-corrected chi connectivity index (χ2v) is 15.3. The Bertz CT molecular complexity index is 1750. The van der Waals surface area contributed by atoms with Gasteiger partial charge in [0.1, 0.15) is 6.04 Å². The second-order valence-electron chi connectivity index (χ2n) is 14.2. The predicted molar refractivity (Wildman–Crippen MR) is 189 cm³/mol. The lowest BCUT2D eigenvalue weighted by Gasteiger charge is -2.20. The number of primary amides is 1. The highest BCUT2D eigenvalue weighted by molar-refractivity contribution is 7.14. The minimum Gasteiger partial charge on any atom is -0.480 e. The smallest absolute Gasteiger partial charge is 0.326 e. The lowest BCUT2D eigenvalue weighted by atomic mass is 9.86. The van der Waals surface area contributed by atoms with E-state index in [0.717, 1.165) is 27.1 Å². The zero-order valence-corrected chi connectivity index (χ0v) is 29.2. The first-order valence-electron chi connectivity index (χ1n) is 16.0. The number of thiophene rings is 1. The van der Waals surface area contributed by atoms with Crippen molar-refractivity contribution in [3.63, 3.8) is 0 Å². The van der Waals surface area contributed by atoms with E-state index in [2.05, 4.69) is 81.1 Å². The van der Waals surface area contributed by atoms with Gasteiger partial charge in [-0.15, -0.1) is 11.3 Å². The van der Waals surface area contributed by atoms with Crippen LogP contribution in [0.1, 0.15) is 86.5 Å².